The highest BCUT2D eigenvalue weighted by atomic mass is 79.9. The summed E-state index contributed by atoms with van der Waals surface area (Å²) in [6, 6.07) is 3.96. The molecule has 112 valence electrons. The highest BCUT2D eigenvalue weighted by molar-refractivity contribution is 9.10. The van der Waals surface area contributed by atoms with Crippen LogP contribution < -0.4 is 4.72 Å². The van der Waals surface area contributed by atoms with Crippen molar-refractivity contribution in [3.8, 4) is 0 Å². The molecule has 1 aromatic carbocycles. The van der Waals surface area contributed by atoms with Crippen LogP contribution in [0.2, 0.25) is 0 Å². The molecule has 0 bridgehead atoms. The third-order valence-corrected chi connectivity index (χ3v) is 5.75. The van der Waals surface area contributed by atoms with Crippen LogP contribution in [0.3, 0.4) is 0 Å². The van der Waals surface area contributed by atoms with Gasteiger partial charge in [0.05, 0.1) is 10.5 Å². The van der Waals surface area contributed by atoms with Crippen molar-refractivity contribution in [3.63, 3.8) is 0 Å². The van der Waals surface area contributed by atoms with E-state index in [0.717, 1.165) is 6.07 Å². The van der Waals surface area contributed by atoms with E-state index in [-0.39, 0.29) is 10.5 Å². The fourth-order valence-electron chi connectivity index (χ4n) is 1.61. The van der Waals surface area contributed by atoms with Gasteiger partial charge >= 0.3 is 5.97 Å². The van der Waals surface area contributed by atoms with Crippen molar-refractivity contribution in [2.24, 2.45) is 0 Å². The number of carbonyl (C=O) groups is 1. The second-order valence-corrected chi connectivity index (χ2v) is 7.36. The highest BCUT2D eigenvalue weighted by Crippen LogP contribution is 2.23. The summed E-state index contributed by atoms with van der Waals surface area (Å²) in [6.45, 7) is 5.62. The summed E-state index contributed by atoms with van der Waals surface area (Å²) in [4.78, 5) is 11.0. The summed E-state index contributed by atoms with van der Waals surface area (Å²) in [7, 11) is -3.75. The minimum absolute atomic E-state index is 0.0498. The number of carboxylic acid groups (broad SMARTS) is 1. The largest absolute Gasteiger partial charge is 0.478 e. The number of aromatic carboxylic acids is 1. The average molecular weight is 364 g/mol. The van der Waals surface area contributed by atoms with Crippen LogP contribution in [0.5, 0.6) is 0 Å². The Morgan fingerprint density at radius 2 is 1.90 bits per heavy atom. The maximum absolute atomic E-state index is 12.3. The van der Waals surface area contributed by atoms with Crippen LogP contribution in [0.25, 0.3) is 0 Å². The second kappa shape index (κ2) is 6.24. The average Bonchev–Trinajstić information content (AvgIpc) is 2.38. The number of sulfonamides is 1. The Morgan fingerprint density at radius 1 is 1.35 bits per heavy atom. The van der Waals surface area contributed by atoms with Crippen LogP contribution in [-0.4, -0.2) is 25.0 Å². The van der Waals surface area contributed by atoms with Gasteiger partial charge in [0.25, 0.3) is 0 Å². The van der Waals surface area contributed by atoms with Crippen molar-refractivity contribution in [1.82, 2.24) is 4.72 Å². The highest BCUT2D eigenvalue weighted by Gasteiger charge is 2.28. The lowest BCUT2D eigenvalue weighted by molar-refractivity contribution is 0.0695. The molecule has 0 aliphatic carbocycles. The Hall–Kier alpha value is -0.920. The van der Waals surface area contributed by atoms with Gasteiger partial charge in [-0.2, -0.15) is 0 Å². The molecule has 20 heavy (non-hydrogen) atoms. The standard InChI is InChI=1S/C13H18BrNO4S/c1-4-13(3,5-2)15-20(18,19)9-6-7-11(14)10(8-9)12(16)17/h6-8,15H,4-5H2,1-3H3,(H,16,17). The summed E-state index contributed by atoms with van der Waals surface area (Å²) in [6.07, 6.45) is 1.29. The number of nitrogens with one attached hydrogen (secondary N) is 1. The molecule has 1 aromatic rings. The minimum Gasteiger partial charge on any atom is -0.478 e. The van der Waals surface area contributed by atoms with E-state index >= 15 is 0 Å². The van der Waals surface area contributed by atoms with Gasteiger partial charge in [-0.15, -0.1) is 0 Å². The monoisotopic (exact) mass is 363 g/mol. The molecule has 0 aliphatic rings. The topological polar surface area (TPSA) is 83.5 Å². The molecule has 0 amide bonds. The van der Waals surface area contributed by atoms with E-state index in [1.54, 1.807) is 0 Å². The molecule has 0 unspecified atom stereocenters. The zero-order valence-corrected chi connectivity index (χ0v) is 14.0. The van der Waals surface area contributed by atoms with Gasteiger partial charge in [0, 0.05) is 10.0 Å². The Morgan fingerprint density at radius 3 is 2.35 bits per heavy atom. The normalized spacial score (nSPS) is 12.4. The minimum atomic E-state index is -3.75. The van der Waals surface area contributed by atoms with Crippen LogP contribution in [0.1, 0.15) is 44.0 Å². The van der Waals surface area contributed by atoms with Gasteiger partial charge in [0.2, 0.25) is 10.0 Å². The SMILES string of the molecule is CCC(C)(CC)NS(=O)(=O)c1ccc(Br)c(C(=O)O)c1. The lowest BCUT2D eigenvalue weighted by Crippen LogP contribution is -2.44. The van der Waals surface area contributed by atoms with Crippen LogP contribution >= 0.6 is 15.9 Å². The van der Waals surface area contributed by atoms with Crippen LogP contribution in [0, 0.1) is 0 Å². The third-order valence-electron chi connectivity index (χ3n) is 3.42. The summed E-state index contributed by atoms with van der Waals surface area (Å²) in [5.74, 6) is -1.18. The smallest absolute Gasteiger partial charge is 0.336 e. The first-order valence-corrected chi connectivity index (χ1v) is 8.49. The van der Waals surface area contributed by atoms with E-state index in [1.807, 2.05) is 20.8 Å². The van der Waals surface area contributed by atoms with Crippen LogP contribution in [0.15, 0.2) is 27.6 Å². The summed E-state index contributed by atoms with van der Waals surface area (Å²) in [5.41, 5.74) is -0.627. The fraction of sp³-hybridized carbons (Fsp3) is 0.462. The number of halogens is 1. The molecule has 5 nitrogen and oxygen atoms in total. The first-order chi connectivity index (χ1) is 9.15. The quantitative estimate of drug-likeness (QED) is 0.813. The van der Waals surface area contributed by atoms with Gasteiger partial charge in [0.1, 0.15) is 0 Å². The van der Waals surface area contributed by atoms with Crippen molar-refractivity contribution >= 4 is 31.9 Å². The zero-order chi connectivity index (χ0) is 15.6. The van der Waals surface area contributed by atoms with E-state index in [4.69, 9.17) is 5.11 Å². The van der Waals surface area contributed by atoms with E-state index in [1.165, 1.54) is 12.1 Å². The number of carboxylic acids is 1. The fourth-order valence-corrected chi connectivity index (χ4v) is 3.60. The number of benzene rings is 1. The van der Waals surface area contributed by atoms with E-state index in [0.29, 0.717) is 17.3 Å². The molecule has 1 rings (SSSR count). The molecule has 0 saturated heterocycles. The van der Waals surface area contributed by atoms with Gasteiger partial charge < -0.3 is 5.11 Å². The molecular weight excluding hydrogens is 346 g/mol. The van der Waals surface area contributed by atoms with E-state index in [2.05, 4.69) is 20.7 Å². The maximum Gasteiger partial charge on any atom is 0.336 e. The van der Waals surface area contributed by atoms with Crippen LogP contribution in [-0.2, 0) is 10.0 Å². The molecule has 0 heterocycles. The summed E-state index contributed by atoms with van der Waals surface area (Å²) < 4.78 is 27.6. The molecule has 0 fully saturated rings. The molecule has 0 atom stereocenters. The Kier molecular flexibility index (Phi) is 5.34. The number of hydrogen-bond acceptors (Lipinski definition) is 3. The van der Waals surface area contributed by atoms with E-state index in [9.17, 15) is 13.2 Å². The molecule has 0 saturated carbocycles. The zero-order valence-electron chi connectivity index (χ0n) is 11.6. The lowest BCUT2D eigenvalue weighted by atomic mass is 9.98. The Bertz CT molecular complexity index is 609. The van der Waals surface area contributed by atoms with E-state index < -0.39 is 21.5 Å². The maximum atomic E-state index is 12.3. The molecule has 0 aliphatic heterocycles. The molecule has 0 aromatic heterocycles. The first kappa shape index (κ1) is 17.1. The number of hydrogen-bond donors (Lipinski definition) is 2. The van der Waals surface area contributed by atoms with Gasteiger partial charge in [-0.3, -0.25) is 0 Å². The van der Waals surface area contributed by atoms with Crippen molar-refractivity contribution in [3.05, 3.63) is 28.2 Å². The molecular formula is C13H18BrNO4S. The molecule has 0 spiro atoms. The first-order valence-electron chi connectivity index (χ1n) is 6.22. The number of rotatable bonds is 6. The Labute approximate surface area is 127 Å². The second-order valence-electron chi connectivity index (χ2n) is 4.82. The third kappa shape index (κ3) is 3.80. The predicted octanol–water partition coefficient (Wildman–Crippen LogP) is 3.00. The van der Waals surface area contributed by atoms with Gasteiger partial charge in [-0.05, 0) is 53.9 Å². The van der Waals surface area contributed by atoms with Crippen molar-refractivity contribution in [2.75, 3.05) is 0 Å². The van der Waals surface area contributed by atoms with Crippen LogP contribution in [0.4, 0.5) is 0 Å². The van der Waals surface area contributed by atoms with Gasteiger partial charge in [-0.25, -0.2) is 17.9 Å². The Balaban J connectivity index is 3.23. The molecule has 0 radical (unpaired) electrons. The van der Waals surface area contributed by atoms with Crippen molar-refractivity contribution in [2.45, 2.75) is 44.0 Å². The predicted molar refractivity (Wildman–Crippen MR) is 80.4 cm³/mol. The van der Waals surface area contributed by atoms with Crippen molar-refractivity contribution in [1.29, 1.82) is 0 Å². The summed E-state index contributed by atoms with van der Waals surface area (Å²) in [5, 5.41) is 9.04. The lowest BCUT2D eigenvalue weighted by Gasteiger charge is -2.27. The molecule has 2 N–H and O–H groups in total. The van der Waals surface area contributed by atoms with Crippen molar-refractivity contribution < 1.29 is 18.3 Å². The van der Waals surface area contributed by atoms with Gasteiger partial charge in [-0.1, -0.05) is 13.8 Å². The molecule has 7 heteroatoms. The summed E-state index contributed by atoms with van der Waals surface area (Å²) >= 11 is 3.09. The van der Waals surface area contributed by atoms with Gasteiger partial charge in [0.15, 0.2) is 0 Å².